The molecule has 2 heterocycles. The summed E-state index contributed by atoms with van der Waals surface area (Å²) in [4.78, 5) is 22.9. The highest BCUT2D eigenvalue weighted by Gasteiger charge is 2.37. The summed E-state index contributed by atoms with van der Waals surface area (Å²) < 4.78 is 28.2. The minimum atomic E-state index is -3.84. The molecule has 128 valence electrons. The average molecular weight is 343 g/mol. The van der Waals surface area contributed by atoms with E-state index < -0.39 is 21.9 Å². The van der Waals surface area contributed by atoms with Gasteiger partial charge in [0.15, 0.2) is 0 Å². The molecule has 0 saturated carbocycles. The first-order chi connectivity index (χ1) is 10.7. The smallest absolute Gasteiger partial charge is 0.307 e. The third-order valence-electron chi connectivity index (χ3n) is 4.05. The van der Waals surface area contributed by atoms with Crippen LogP contribution in [-0.2, 0) is 21.9 Å². The van der Waals surface area contributed by atoms with Crippen LogP contribution in [0.15, 0.2) is 17.2 Å². The van der Waals surface area contributed by atoms with Crippen molar-refractivity contribution in [3.8, 4) is 0 Å². The Labute approximate surface area is 135 Å². The SMILES string of the molecule is CNC(=O)c1cc(S(=O)(=O)N2CC(C)CC(C(=O)O)C2)cn1C. The quantitative estimate of drug-likeness (QED) is 0.807. The van der Waals surface area contributed by atoms with Gasteiger partial charge in [-0.05, 0) is 18.4 Å². The van der Waals surface area contributed by atoms with Gasteiger partial charge in [-0.3, -0.25) is 9.59 Å². The maximum atomic E-state index is 12.8. The van der Waals surface area contributed by atoms with E-state index in [1.807, 2.05) is 6.92 Å². The number of carbonyl (C=O) groups is 2. The second kappa shape index (κ2) is 6.32. The molecule has 0 aliphatic carbocycles. The lowest BCUT2D eigenvalue weighted by Crippen LogP contribution is -2.45. The summed E-state index contributed by atoms with van der Waals surface area (Å²) in [6.07, 6.45) is 1.83. The van der Waals surface area contributed by atoms with Crippen LogP contribution in [-0.4, -0.2) is 54.4 Å². The Hall–Kier alpha value is -1.87. The Morgan fingerprint density at radius 1 is 1.35 bits per heavy atom. The minimum absolute atomic E-state index is 0.00293. The largest absolute Gasteiger partial charge is 0.481 e. The van der Waals surface area contributed by atoms with Gasteiger partial charge >= 0.3 is 5.97 Å². The molecular formula is C14H21N3O5S. The number of hydrogen-bond acceptors (Lipinski definition) is 4. The third kappa shape index (κ3) is 3.40. The van der Waals surface area contributed by atoms with E-state index in [2.05, 4.69) is 5.32 Å². The molecule has 9 heteroatoms. The van der Waals surface area contributed by atoms with E-state index in [-0.39, 0.29) is 35.5 Å². The molecule has 0 aromatic carbocycles. The molecular weight excluding hydrogens is 322 g/mol. The van der Waals surface area contributed by atoms with E-state index >= 15 is 0 Å². The van der Waals surface area contributed by atoms with Crippen molar-refractivity contribution in [3.63, 3.8) is 0 Å². The number of carbonyl (C=O) groups excluding carboxylic acids is 1. The van der Waals surface area contributed by atoms with Gasteiger partial charge in [0, 0.05) is 33.4 Å². The first-order valence-corrected chi connectivity index (χ1v) is 8.72. The van der Waals surface area contributed by atoms with Crippen LogP contribution in [0.25, 0.3) is 0 Å². The van der Waals surface area contributed by atoms with Gasteiger partial charge in [-0.2, -0.15) is 4.31 Å². The van der Waals surface area contributed by atoms with Crippen molar-refractivity contribution in [1.29, 1.82) is 0 Å². The number of amides is 1. The Kier molecular flexibility index (Phi) is 4.81. The number of hydrogen-bond donors (Lipinski definition) is 2. The molecule has 23 heavy (non-hydrogen) atoms. The average Bonchev–Trinajstić information content (AvgIpc) is 2.88. The molecule has 1 aromatic heterocycles. The molecule has 2 unspecified atom stereocenters. The lowest BCUT2D eigenvalue weighted by Gasteiger charge is -2.33. The molecule has 8 nitrogen and oxygen atoms in total. The summed E-state index contributed by atoms with van der Waals surface area (Å²) in [5.74, 6) is -2.13. The number of nitrogens with zero attached hydrogens (tertiary/aromatic N) is 2. The summed E-state index contributed by atoms with van der Waals surface area (Å²) in [6.45, 7) is 2.06. The number of carboxylic acids is 1. The summed E-state index contributed by atoms with van der Waals surface area (Å²) in [6, 6.07) is 1.31. The number of nitrogens with one attached hydrogen (secondary N) is 1. The molecule has 1 fully saturated rings. The van der Waals surface area contributed by atoms with Gasteiger partial charge in [0.25, 0.3) is 5.91 Å². The molecule has 0 bridgehead atoms. The Balaban J connectivity index is 2.34. The van der Waals surface area contributed by atoms with Gasteiger partial charge in [0.2, 0.25) is 10.0 Å². The zero-order valence-corrected chi connectivity index (χ0v) is 14.1. The lowest BCUT2D eigenvalue weighted by molar-refractivity contribution is -0.143. The van der Waals surface area contributed by atoms with Gasteiger partial charge in [0.1, 0.15) is 10.6 Å². The van der Waals surface area contributed by atoms with Crippen LogP contribution in [0.5, 0.6) is 0 Å². The van der Waals surface area contributed by atoms with Crippen molar-refractivity contribution in [2.24, 2.45) is 18.9 Å². The molecule has 0 spiro atoms. The van der Waals surface area contributed by atoms with Gasteiger partial charge in [0.05, 0.1) is 5.92 Å². The van der Waals surface area contributed by atoms with Crippen LogP contribution >= 0.6 is 0 Å². The van der Waals surface area contributed by atoms with Crippen molar-refractivity contribution in [3.05, 3.63) is 18.0 Å². The monoisotopic (exact) mass is 343 g/mol. The first-order valence-electron chi connectivity index (χ1n) is 7.28. The number of aryl methyl sites for hydroxylation is 1. The van der Waals surface area contributed by atoms with Crippen LogP contribution in [0.1, 0.15) is 23.8 Å². The molecule has 2 atom stereocenters. The number of sulfonamides is 1. The molecule has 2 rings (SSSR count). The van der Waals surface area contributed by atoms with Crippen molar-refractivity contribution in [2.45, 2.75) is 18.2 Å². The standard InChI is InChI=1S/C14H21N3O5S/c1-9-4-10(14(19)20)7-17(6-9)23(21,22)11-5-12(13(18)15-2)16(3)8-11/h5,8-10H,4,6-7H2,1-3H3,(H,15,18)(H,19,20). The molecule has 1 aromatic rings. The summed E-state index contributed by atoms with van der Waals surface area (Å²) in [7, 11) is -0.784. The predicted octanol–water partition coefficient (Wildman–Crippen LogP) is 0.116. The summed E-state index contributed by atoms with van der Waals surface area (Å²) in [5.41, 5.74) is 0.228. The third-order valence-corrected chi connectivity index (χ3v) is 5.85. The van der Waals surface area contributed by atoms with E-state index in [1.54, 1.807) is 7.05 Å². The van der Waals surface area contributed by atoms with Crippen molar-refractivity contribution >= 4 is 21.9 Å². The highest BCUT2D eigenvalue weighted by molar-refractivity contribution is 7.89. The molecule has 1 aliphatic heterocycles. The second-order valence-electron chi connectivity index (χ2n) is 5.95. The van der Waals surface area contributed by atoms with Crippen LogP contribution < -0.4 is 5.32 Å². The summed E-state index contributed by atoms with van der Waals surface area (Å²) in [5, 5.41) is 11.6. The maximum absolute atomic E-state index is 12.8. The topological polar surface area (TPSA) is 109 Å². The van der Waals surface area contributed by atoms with Crippen LogP contribution in [0.3, 0.4) is 0 Å². The number of rotatable bonds is 4. The fourth-order valence-electron chi connectivity index (χ4n) is 2.86. The van der Waals surface area contributed by atoms with Crippen LogP contribution in [0.4, 0.5) is 0 Å². The van der Waals surface area contributed by atoms with E-state index in [0.29, 0.717) is 6.42 Å². The fraction of sp³-hybridized carbons (Fsp3) is 0.571. The molecule has 1 saturated heterocycles. The predicted molar refractivity (Wildman–Crippen MR) is 82.5 cm³/mol. The van der Waals surface area contributed by atoms with Gasteiger partial charge in [-0.1, -0.05) is 6.92 Å². The molecule has 1 aliphatic rings. The van der Waals surface area contributed by atoms with Crippen molar-refractivity contribution in [1.82, 2.24) is 14.2 Å². The van der Waals surface area contributed by atoms with E-state index in [4.69, 9.17) is 0 Å². The molecule has 0 radical (unpaired) electrons. The Morgan fingerprint density at radius 3 is 2.57 bits per heavy atom. The van der Waals surface area contributed by atoms with Gasteiger partial charge in [-0.25, -0.2) is 8.42 Å². The van der Waals surface area contributed by atoms with Gasteiger partial charge in [-0.15, -0.1) is 0 Å². The number of aliphatic carboxylic acids is 1. The zero-order valence-electron chi connectivity index (χ0n) is 13.3. The van der Waals surface area contributed by atoms with Crippen molar-refractivity contribution in [2.75, 3.05) is 20.1 Å². The van der Waals surface area contributed by atoms with Crippen LogP contribution in [0, 0.1) is 11.8 Å². The summed E-state index contributed by atoms with van der Waals surface area (Å²) >= 11 is 0. The highest BCUT2D eigenvalue weighted by Crippen LogP contribution is 2.27. The van der Waals surface area contributed by atoms with E-state index in [1.165, 1.54) is 28.2 Å². The number of carboxylic acid groups (broad SMARTS) is 1. The first kappa shape index (κ1) is 17.5. The second-order valence-corrected chi connectivity index (χ2v) is 7.89. The highest BCUT2D eigenvalue weighted by atomic mass is 32.2. The maximum Gasteiger partial charge on any atom is 0.307 e. The van der Waals surface area contributed by atoms with Crippen LogP contribution in [0.2, 0.25) is 0 Å². The Bertz CT molecular complexity index is 725. The Morgan fingerprint density at radius 2 is 2.00 bits per heavy atom. The van der Waals surface area contributed by atoms with E-state index in [9.17, 15) is 23.1 Å². The van der Waals surface area contributed by atoms with E-state index in [0.717, 1.165) is 0 Å². The minimum Gasteiger partial charge on any atom is -0.481 e. The fourth-order valence-corrected chi connectivity index (χ4v) is 4.53. The zero-order chi connectivity index (χ0) is 17.4. The molecule has 2 N–H and O–H groups in total. The number of piperidine rings is 1. The lowest BCUT2D eigenvalue weighted by atomic mass is 9.92. The van der Waals surface area contributed by atoms with Crippen molar-refractivity contribution < 1.29 is 23.1 Å². The van der Waals surface area contributed by atoms with Gasteiger partial charge < -0.3 is 15.0 Å². The number of aromatic nitrogens is 1. The molecule has 1 amide bonds. The normalized spacial score (nSPS) is 22.7.